The summed E-state index contributed by atoms with van der Waals surface area (Å²) in [5.41, 5.74) is 1.25. The average Bonchev–Trinajstić information content (AvgIpc) is 2.36. The molecule has 0 radical (unpaired) electrons. The topological polar surface area (TPSA) is 45.0 Å². The van der Waals surface area contributed by atoms with E-state index in [-0.39, 0.29) is 13.0 Å². The minimum Gasteiger partial charge on any atom is -0.496 e. The number of ether oxygens (including phenoxy) is 1. The Morgan fingerprint density at radius 2 is 2.11 bits per heavy atom. The first-order valence-corrected chi connectivity index (χ1v) is 5.81. The number of hydrogen-bond donors (Lipinski definition) is 1. The Kier molecular flexibility index (Phi) is 5.64. The van der Waals surface area contributed by atoms with Crippen LogP contribution in [0.2, 0.25) is 0 Å². The zero-order valence-corrected chi connectivity index (χ0v) is 10.5. The zero-order valence-electron chi connectivity index (χ0n) is 10.5. The monoisotopic (exact) mass is 272 g/mol. The molecule has 1 aromatic carbocycles. The molecule has 6 heteroatoms. The molecular weight excluding hydrogens is 257 g/mol. The van der Waals surface area contributed by atoms with Gasteiger partial charge in [0, 0.05) is 18.5 Å². The van der Waals surface area contributed by atoms with Crippen LogP contribution in [0.15, 0.2) is 18.2 Å². The molecule has 0 bridgehead atoms. The second kappa shape index (κ2) is 7.00. The van der Waals surface area contributed by atoms with E-state index in [1.807, 2.05) is 6.07 Å². The summed E-state index contributed by atoms with van der Waals surface area (Å²) in [6.07, 6.45) is -4.88. The van der Waals surface area contributed by atoms with Crippen LogP contribution in [-0.2, 0) is 6.54 Å². The number of halogens is 3. The molecule has 3 nitrogen and oxygen atoms in total. The summed E-state index contributed by atoms with van der Waals surface area (Å²) in [5.74, 6) is 0.613. The number of hydrogen-bond acceptors (Lipinski definition) is 3. The second-order valence-corrected chi connectivity index (χ2v) is 4.03. The van der Waals surface area contributed by atoms with Crippen LogP contribution in [0.5, 0.6) is 5.75 Å². The van der Waals surface area contributed by atoms with Crippen LogP contribution < -0.4 is 10.1 Å². The molecule has 0 aliphatic carbocycles. The minimum absolute atomic E-state index is 0.0315. The van der Waals surface area contributed by atoms with Gasteiger partial charge in [0.2, 0.25) is 0 Å². The lowest BCUT2D eigenvalue weighted by Gasteiger charge is -2.10. The van der Waals surface area contributed by atoms with Crippen LogP contribution in [0.4, 0.5) is 13.2 Å². The third kappa shape index (κ3) is 5.62. The molecule has 0 unspecified atom stereocenters. The van der Waals surface area contributed by atoms with Gasteiger partial charge in [0.15, 0.2) is 0 Å². The van der Waals surface area contributed by atoms with Gasteiger partial charge < -0.3 is 10.1 Å². The Morgan fingerprint density at radius 3 is 2.68 bits per heavy atom. The summed E-state index contributed by atoms with van der Waals surface area (Å²) in [5, 5.41) is 11.7. The lowest BCUT2D eigenvalue weighted by molar-refractivity contribution is -0.135. The third-order valence-electron chi connectivity index (χ3n) is 2.54. The third-order valence-corrected chi connectivity index (χ3v) is 2.54. The standard InChI is InChI=1S/C13H15F3N2O/c1-19-12-4-3-10(8-17)7-11(12)9-18-6-2-5-13(14,15)16/h3-4,7,18H,2,5-6,9H2,1H3. The summed E-state index contributed by atoms with van der Waals surface area (Å²) >= 11 is 0. The highest BCUT2D eigenvalue weighted by atomic mass is 19.4. The molecule has 0 spiro atoms. The van der Waals surface area contributed by atoms with Gasteiger partial charge in [-0.2, -0.15) is 18.4 Å². The molecule has 1 N–H and O–H groups in total. The molecule has 104 valence electrons. The molecule has 1 rings (SSSR count). The van der Waals surface area contributed by atoms with E-state index in [9.17, 15) is 13.2 Å². The zero-order chi connectivity index (χ0) is 14.3. The van der Waals surface area contributed by atoms with Gasteiger partial charge in [0.25, 0.3) is 0 Å². The van der Waals surface area contributed by atoms with Crippen molar-refractivity contribution >= 4 is 0 Å². The van der Waals surface area contributed by atoms with Crippen molar-refractivity contribution in [3.8, 4) is 11.8 Å². The van der Waals surface area contributed by atoms with Gasteiger partial charge in [-0.05, 0) is 31.2 Å². The SMILES string of the molecule is COc1ccc(C#N)cc1CNCCCC(F)(F)F. The molecular formula is C13H15F3N2O. The Hall–Kier alpha value is -1.74. The van der Waals surface area contributed by atoms with Crippen LogP contribution in [0.1, 0.15) is 24.0 Å². The second-order valence-electron chi connectivity index (χ2n) is 4.03. The van der Waals surface area contributed by atoms with E-state index in [0.717, 1.165) is 5.56 Å². The first kappa shape index (κ1) is 15.3. The number of nitrogens with zero attached hydrogens (tertiary/aromatic N) is 1. The average molecular weight is 272 g/mol. The van der Waals surface area contributed by atoms with Gasteiger partial charge in [0.05, 0.1) is 18.7 Å². The normalized spacial score (nSPS) is 11.1. The summed E-state index contributed by atoms with van der Waals surface area (Å²) in [6.45, 7) is 0.635. The molecule has 0 aliphatic heterocycles. The molecule has 0 fully saturated rings. The van der Waals surface area contributed by atoms with Crippen molar-refractivity contribution in [1.82, 2.24) is 5.32 Å². The summed E-state index contributed by atoms with van der Waals surface area (Å²) in [6, 6.07) is 6.97. The first-order valence-electron chi connectivity index (χ1n) is 5.81. The van der Waals surface area contributed by atoms with Crippen molar-refractivity contribution in [2.75, 3.05) is 13.7 Å². The van der Waals surface area contributed by atoms with Crippen molar-refractivity contribution in [2.24, 2.45) is 0 Å². The lowest BCUT2D eigenvalue weighted by atomic mass is 10.1. The Morgan fingerprint density at radius 1 is 1.37 bits per heavy atom. The maximum atomic E-state index is 11.9. The molecule has 0 atom stereocenters. The molecule has 19 heavy (non-hydrogen) atoms. The molecule has 0 saturated carbocycles. The van der Waals surface area contributed by atoms with Crippen LogP contribution in [0.25, 0.3) is 0 Å². The van der Waals surface area contributed by atoms with Crippen molar-refractivity contribution in [3.63, 3.8) is 0 Å². The van der Waals surface area contributed by atoms with Crippen LogP contribution in [-0.4, -0.2) is 19.8 Å². The lowest BCUT2D eigenvalue weighted by Crippen LogP contribution is -2.18. The van der Waals surface area contributed by atoms with Gasteiger partial charge in [-0.1, -0.05) is 0 Å². The van der Waals surface area contributed by atoms with Crippen molar-refractivity contribution in [3.05, 3.63) is 29.3 Å². The van der Waals surface area contributed by atoms with Crippen molar-refractivity contribution in [2.45, 2.75) is 25.6 Å². The Labute approximate surface area is 110 Å². The quantitative estimate of drug-likeness (QED) is 0.810. The minimum atomic E-state index is -4.11. The molecule has 0 aliphatic rings. The largest absolute Gasteiger partial charge is 0.496 e. The van der Waals surface area contributed by atoms with E-state index in [0.29, 0.717) is 17.9 Å². The summed E-state index contributed by atoms with van der Waals surface area (Å²) < 4.78 is 40.9. The molecule has 0 saturated heterocycles. The fourth-order valence-corrected chi connectivity index (χ4v) is 1.62. The Balaban J connectivity index is 2.46. The number of nitrogens with one attached hydrogen (secondary N) is 1. The van der Waals surface area contributed by atoms with Gasteiger partial charge in [-0.15, -0.1) is 0 Å². The maximum absolute atomic E-state index is 11.9. The molecule has 0 heterocycles. The van der Waals surface area contributed by atoms with Gasteiger partial charge in [-0.3, -0.25) is 0 Å². The highest BCUT2D eigenvalue weighted by molar-refractivity contribution is 5.41. The molecule has 0 aromatic heterocycles. The van der Waals surface area contributed by atoms with Crippen LogP contribution >= 0.6 is 0 Å². The van der Waals surface area contributed by atoms with E-state index in [1.165, 1.54) is 7.11 Å². The fourth-order valence-electron chi connectivity index (χ4n) is 1.62. The highest BCUT2D eigenvalue weighted by Crippen LogP contribution is 2.21. The van der Waals surface area contributed by atoms with E-state index in [1.54, 1.807) is 18.2 Å². The van der Waals surface area contributed by atoms with E-state index < -0.39 is 12.6 Å². The number of alkyl halides is 3. The predicted octanol–water partition coefficient (Wildman–Crippen LogP) is 3.00. The summed E-state index contributed by atoms with van der Waals surface area (Å²) in [7, 11) is 1.51. The van der Waals surface area contributed by atoms with E-state index in [2.05, 4.69) is 5.32 Å². The number of rotatable bonds is 6. The summed E-state index contributed by atoms with van der Waals surface area (Å²) in [4.78, 5) is 0. The van der Waals surface area contributed by atoms with Gasteiger partial charge in [-0.25, -0.2) is 0 Å². The number of benzene rings is 1. The van der Waals surface area contributed by atoms with Crippen molar-refractivity contribution < 1.29 is 17.9 Å². The number of methoxy groups -OCH3 is 1. The first-order chi connectivity index (χ1) is 8.96. The van der Waals surface area contributed by atoms with Crippen LogP contribution in [0, 0.1) is 11.3 Å². The fraction of sp³-hybridized carbons (Fsp3) is 0.462. The van der Waals surface area contributed by atoms with E-state index in [4.69, 9.17) is 10.00 Å². The van der Waals surface area contributed by atoms with Gasteiger partial charge in [0.1, 0.15) is 5.75 Å². The molecule has 1 aromatic rings. The van der Waals surface area contributed by atoms with Gasteiger partial charge >= 0.3 is 6.18 Å². The highest BCUT2D eigenvalue weighted by Gasteiger charge is 2.25. The predicted molar refractivity (Wildman–Crippen MR) is 64.7 cm³/mol. The van der Waals surface area contributed by atoms with Crippen molar-refractivity contribution in [1.29, 1.82) is 5.26 Å². The van der Waals surface area contributed by atoms with Crippen LogP contribution in [0.3, 0.4) is 0 Å². The number of nitriles is 1. The Bertz CT molecular complexity index is 452. The van der Waals surface area contributed by atoms with E-state index >= 15 is 0 Å². The smallest absolute Gasteiger partial charge is 0.389 e. The molecule has 0 amide bonds. The maximum Gasteiger partial charge on any atom is 0.389 e.